The van der Waals surface area contributed by atoms with Crippen LogP contribution in [-0.4, -0.2) is 12.7 Å². The minimum atomic E-state index is 0.459. The van der Waals surface area contributed by atoms with Gasteiger partial charge in [-0.05, 0) is 43.7 Å². The number of nitrogens with one attached hydrogen (secondary N) is 2. The molecule has 1 aromatic carbocycles. The second kappa shape index (κ2) is 4.11. The molecule has 1 unspecified atom stereocenters. The van der Waals surface area contributed by atoms with Crippen LogP contribution < -0.4 is 10.6 Å². The van der Waals surface area contributed by atoms with Crippen LogP contribution in [0.1, 0.15) is 12.8 Å². The lowest BCUT2D eigenvalue weighted by atomic mass is 10.3. The summed E-state index contributed by atoms with van der Waals surface area (Å²) in [6, 6.07) is 8.28. The van der Waals surface area contributed by atoms with Gasteiger partial charge in [0.25, 0.3) is 0 Å². The molecule has 2 rings (SSSR count). The molecule has 0 aromatic heterocycles. The fourth-order valence-electron chi connectivity index (χ4n) is 1.56. The van der Waals surface area contributed by atoms with E-state index in [4.69, 9.17) is 0 Å². The van der Waals surface area contributed by atoms with E-state index in [0.717, 1.165) is 11.0 Å². The SMILES string of the molecule is Brc1ccc(NC2CCCN2)cc1. The van der Waals surface area contributed by atoms with E-state index in [-0.39, 0.29) is 0 Å². The van der Waals surface area contributed by atoms with Crippen molar-refractivity contribution in [3.8, 4) is 0 Å². The van der Waals surface area contributed by atoms with E-state index in [1.54, 1.807) is 0 Å². The van der Waals surface area contributed by atoms with E-state index in [0.29, 0.717) is 6.17 Å². The number of rotatable bonds is 2. The predicted octanol–water partition coefficient (Wildman–Crippen LogP) is 2.57. The molecule has 1 saturated heterocycles. The van der Waals surface area contributed by atoms with E-state index in [9.17, 15) is 0 Å². The van der Waals surface area contributed by atoms with Crippen LogP contribution in [0.25, 0.3) is 0 Å². The van der Waals surface area contributed by atoms with Crippen LogP contribution in [0.15, 0.2) is 28.7 Å². The summed E-state index contributed by atoms with van der Waals surface area (Å²) in [5, 5.41) is 6.83. The highest BCUT2D eigenvalue weighted by molar-refractivity contribution is 9.10. The first-order chi connectivity index (χ1) is 6.34. The molecule has 13 heavy (non-hydrogen) atoms. The highest BCUT2D eigenvalue weighted by Crippen LogP contribution is 2.16. The van der Waals surface area contributed by atoms with Crippen LogP contribution in [-0.2, 0) is 0 Å². The Bertz CT molecular complexity index is 265. The lowest BCUT2D eigenvalue weighted by Crippen LogP contribution is -2.29. The zero-order valence-electron chi connectivity index (χ0n) is 7.39. The Morgan fingerprint density at radius 2 is 2.08 bits per heavy atom. The fraction of sp³-hybridized carbons (Fsp3) is 0.400. The number of hydrogen-bond acceptors (Lipinski definition) is 2. The van der Waals surface area contributed by atoms with Gasteiger partial charge in [0.2, 0.25) is 0 Å². The second-order valence-electron chi connectivity index (χ2n) is 3.30. The van der Waals surface area contributed by atoms with Crippen LogP contribution in [0.4, 0.5) is 5.69 Å². The lowest BCUT2D eigenvalue weighted by molar-refractivity contribution is 0.679. The average Bonchev–Trinajstić information content (AvgIpc) is 2.62. The largest absolute Gasteiger partial charge is 0.370 e. The van der Waals surface area contributed by atoms with Crippen LogP contribution in [0.2, 0.25) is 0 Å². The third-order valence-electron chi connectivity index (χ3n) is 2.25. The van der Waals surface area contributed by atoms with E-state index in [1.807, 2.05) is 0 Å². The van der Waals surface area contributed by atoms with Crippen LogP contribution in [0, 0.1) is 0 Å². The highest BCUT2D eigenvalue weighted by Gasteiger charge is 2.12. The molecule has 70 valence electrons. The zero-order valence-corrected chi connectivity index (χ0v) is 8.97. The van der Waals surface area contributed by atoms with Crippen molar-refractivity contribution in [2.45, 2.75) is 19.0 Å². The van der Waals surface area contributed by atoms with Crippen molar-refractivity contribution in [3.63, 3.8) is 0 Å². The van der Waals surface area contributed by atoms with Crippen molar-refractivity contribution in [1.82, 2.24) is 5.32 Å². The normalized spacial score (nSPS) is 21.8. The van der Waals surface area contributed by atoms with Crippen molar-refractivity contribution < 1.29 is 0 Å². The molecule has 0 aliphatic carbocycles. The van der Waals surface area contributed by atoms with E-state index >= 15 is 0 Å². The summed E-state index contributed by atoms with van der Waals surface area (Å²) in [5.74, 6) is 0. The van der Waals surface area contributed by atoms with Crippen molar-refractivity contribution in [2.24, 2.45) is 0 Å². The zero-order chi connectivity index (χ0) is 9.10. The summed E-state index contributed by atoms with van der Waals surface area (Å²) in [6.45, 7) is 1.13. The molecule has 0 saturated carbocycles. The molecule has 1 fully saturated rings. The Morgan fingerprint density at radius 1 is 1.31 bits per heavy atom. The fourth-order valence-corrected chi connectivity index (χ4v) is 1.82. The first-order valence-electron chi connectivity index (χ1n) is 4.60. The van der Waals surface area contributed by atoms with Crippen molar-refractivity contribution in [2.75, 3.05) is 11.9 Å². The van der Waals surface area contributed by atoms with Crippen molar-refractivity contribution >= 4 is 21.6 Å². The Hall–Kier alpha value is -0.540. The van der Waals surface area contributed by atoms with Crippen molar-refractivity contribution in [1.29, 1.82) is 0 Å². The Kier molecular flexibility index (Phi) is 2.86. The number of hydrogen-bond donors (Lipinski definition) is 2. The van der Waals surface area contributed by atoms with Crippen molar-refractivity contribution in [3.05, 3.63) is 28.7 Å². The average molecular weight is 241 g/mol. The van der Waals surface area contributed by atoms with Gasteiger partial charge in [-0.3, -0.25) is 5.32 Å². The quantitative estimate of drug-likeness (QED) is 0.831. The van der Waals surface area contributed by atoms with Gasteiger partial charge in [0.05, 0.1) is 6.17 Å². The standard InChI is InChI=1S/C10H13BrN2/c11-8-3-5-9(6-4-8)13-10-2-1-7-12-10/h3-6,10,12-13H,1-2,7H2. The van der Waals surface area contributed by atoms with Gasteiger partial charge in [-0.25, -0.2) is 0 Å². The third-order valence-corrected chi connectivity index (χ3v) is 2.77. The molecule has 3 heteroatoms. The molecule has 1 aromatic rings. The van der Waals surface area contributed by atoms with Crippen LogP contribution in [0.3, 0.4) is 0 Å². The summed E-state index contributed by atoms with van der Waals surface area (Å²) in [5.41, 5.74) is 1.18. The number of anilines is 1. The van der Waals surface area contributed by atoms with Gasteiger partial charge in [-0.2, -0.15) is 0 Å². The molecule has 1 atom stereocenters. The van der Waals surface area contributed by atoms with Gasteiger partial charge in [0.15, 0.2) is 0 Å². The number of halogens is 1. The van der Waals surface area contributed by atoms with E-state index < -0.39 is 0 Å². The molecule has 1 aliphatic heterocycles. The van der Waals surface area contributed by atoms with Gasteiger partial charge >= 0.3 is 0 Å². The molecular weight excluding hydrogens is 228 g/mol. The van der Waals surface area contributed by atoms with Gasteiger partial charge in [-0.1, -0.05) is 15.9 Å². The maximum absolute atomic E-state index is 3.44. The minimum Gasteiger partial charge on any atom is -0.370 e. The summed E-state index contributed by atoms with van der Waals surface area (Å²) in [6.07, 6.45) is 2.95. The van der Waals surface area contributed by atoms with E-state index in [1.165, 1.54) is 18.5 Å². The predicted molar refractivity (Wildman–Crippen MR) is 58.8 cm³/mol. The smallest absolute Gasteiger partial charge is 0.0768 e. The maximum atomic E-state index is 3.44. The van der Waals surface area contributed by atoms with Crippen LogP contribution in [0.5, 0.6) is 0 Å². The summed E-state index contributed by atoms with van der Waals surface area (Å²) in [7, 11) is 0. The summed E-state index contributed by atoms with van der Waals surface area (Å²) < 4.78 is 1.12. The van der Waals surface area contributed by atoms with Gasteiger partial charge in [0, 0.05) is 10.2 Å². The summed E-state index contributed by atoms with van der Waals surface area (Å²) >= 11 is 3.41. The molecule has 0 radical (unpaired) electrons. The summed E-state index contributed by atoms with van der Waals surface area (Å²) in [4.78, 5) is 0. The second-order valence-corrected chi connectivity index (χ2v) is 4.22. The molecule has 0 amide bonds. The highest BCUT2D eigenvalue weighted by atomic mass is 79.9. The Balaban J connectivity index is 1.97. The first kappa shape index (κ1) is 9.03. The molecule has 0 spiro atoms. The minimum absolute atomic E-state index is 0.459. The molecule has 1 aliphatic rings. The molecule has 1 heterocycles. The van der Waals surface area contributed by atoms with E-state index in [2.05, 4.69) is 50.8 Å². The maximum Gasteiger partial charge on any atom is 0.0768 e. The monoisotopic (exact) mass is 240 g/mol. The lowest BCUT2D eigenvalue weighted by Gasteiger charge is -2.13. The first-order valence-corrected chi connectivity index (χ1v) is 5.39. The molecular formula is C10H13BrN2. The van der Waals surface area contributed by atoms with Crippen LogP contribution >= 0.6 is 15.9 Å². The topological polar surface area (TPSA) is 24.1 Å². The number of benzene rings is 1. The third kappa shape index (κ3) is 2.45. The Labute approximate surface area is 86.9 Å². The van der Waals surface area contributed by atoms with Gasteiger partial charge in [-0.15, -0.1) is 0 Å². The Morgan fingerprint density at radius 3 is 2.69 bits per heavy atom. The van der Waals surface area contributed by atoms with Gasteiger partial charge < -0.3 is 5.32 Å². The molecule has 2 N–H and O–H groups in total. The molecule has 0 bridgehead atoms. The van der Waals surface area contributed by atoms with Gasteiger partial charge in [0.1, 0.15) is 0 Å². The molecule has 2 nitrogen and oxygen atoms in total.